The molecule has 5 nitrogen and oxygen atoms in total. The summed E-state index contributed by atoms with van der Waals surface area (Å²) < 4.78 is 58.7. The van der Waals surface area contributed by atoms with E-state index in [1.54, 1.807) is 0 Å². The van der Waals surface area contributed by atoms with Crippen LogP contribution in [0.2, 0.25) is 0 Å². The molecular formula is C16H11F4N3O2. The molecule has 1 aliphatic rings. The number of alkyl halides is 3. The van der Waals surface area contributed by atoms with E-state index in [2.05, 4.69) is 9.84 Å². The number of hydrogen-bond donors (Lipinski definition) is 2. The van der Waals surface area contributed by atoms with E-state index in [9.17, 15) is 22.4 Å². The number of ether oxygens (including phenoxy) is 1. The van der Waals surface area contributed by atoms with E-state index in [0.29, 0.717) is 0 Å². The van der Waals surface area contributed by atoms with Gasteiger partial charge in [0, 0.05) is 5.56 Å². The molecule has 0 unspecified atom stereocenters. The Morgan fingerprint density at radius 2 is 1.84 bits per heavy atom. The fourth-order valence-corrected chi connectivity index (χ4v) is 2.36. The number of benzene rings is 2. The minimum Gasteiger partial charge on any atom is -0.442 e. The van der Waals surface area contributed by atoms with Crippen molar-refractivity contribution >= 4 is 17.5 Å². The van der Waals surface area contributed by atoms with Crippen molar-refractivity contribution < 1.29 is 27.1 Å². The summed E-state index contributed by atoms with van der Waals surface area (Å²) in [6, 6.07) is 6.93. The number of amides is 1. The van der Waals surface area contributed by atoms with Gasteiger partial charge in [-0.1, -0.05) is 18.2 Å². The van der Waals surface area contributed by atoms with E-state index in [-0.39, 0.29) is 34.7 Å². The van der Waals surface area contributed by atoms with E-state index < -0.39 is 23.7 Å². The van der Waals surface area contributed by atoms with Gasteiger partial charge in [0.15, 0.2) is 0 Å². The molecular weight excluding hydrogens is 342 g/mol. The first-order valence-electron chi connectivity index (χ1n) is 7.02. The summed E-state index contributed by atoms with van der Waals surface area (Å²) >= 11 is 0. The van der Waals surface area contributed by atoms with E-state index >= 15 is 0 Å². The number of nitrogens with two attached hydrogens (primary N) is 1. The number of nitrogens with one attached hydrogen (secondary N) is 1. The molecule has 0 fully saturated rings. The van der Waals surface area contributed by atoms with Crippen LogP contribution in [0.5, 0.6) is 0 Å². The molecule has 9 heteroatoms. The number of halogens is 4. The zero-order valence-electron chi connectivity index (χ0n) is 12.5. The van der Waals surface area contributed by atoms with Crippen LogP contribution in [0.1, 0.15) is 11.1 Å². The summed E-state index contributed by atoms with van der Waals surface area (Å²) in [5, 5.41) is 3.68. The predicted molar refractivity (Wildman–Crippen MR) is 82.3 cm³/mol. The van der Waals surface area contributed by atoms with E-state index in [1.165, 1.54) is 24.3 Å². The minimum absolute atomic E-state index is 0.0423. The van der Waals surface area contributed by atoms with Crippen LogP contribution in [-0.4, -0.2) is 18.4 Å². The summed E-state index contributed by atoms with van der Waals surface area (Å²) in [5.74, 6) is -0.803. The Labute approximate surface area is 139 Å². The largest absolute Gasteiger partial charge is 0.442 e. The molecule has 0 bridgehead atoms. The van der Waals surface area contributed by atoms with Crippen molar-refractivity contribution in [1.29, 1.82) is 0 Å². The second kappa shape index (κ2) is 6.08. The van der Waals surface area contributed by atoms with Crippen molar-refractivity contribution in [3.8, 4) is 11.1 Å². The molecule has 0 aromatic heterocycles. The maximum Gasteiger partial charge on any atom is 0.428 e. The molecule has 1 aliphatic heterocycles. The third kappa shape index (κ3) is 3.39. The molecule has 0 radical (unpaired) electrons. The highest BCUT2D eigenvalue weighted by atomic mass is 19.4. The van der Waals surface area contributed by atoms with Crippen LogP contribution >= 0.6 is 0 Å². The summed E-state index contributed by atoms with van der Waals surface area (Å²) in [4.78, 5) is 10.9. The molecule has 0 spiro atoms. The SMILES string of the molecule is Nc1ccc(-c2ccc(C3=NNC(=O)OC3)cc2C(F)(F)F)cc1F. The van der Waals surface area contributed by atoms with Gasteiger partial charge in [0.1, 0.15) is 18.1 Å². The highest BCUT2D eigenvalue weighted by Crippen LogP contribution is 2.38. The number of nitrogens with zero attached hydrogens (tertiary/aromatic N) is 1. The standard InChI is InChI=1S/C16H11F4N3O2/c17-12-6-8(2-4-13(12)21)10-3-1-9(5-11(10)16(18,19)20)14-7-25-15(24)23-22-14/h1-6H,7,21H2,(H,23,24). The Morgan fingerprint density at radius 1 is 1.12 bits per heavy atom. The Morgan fingerprint density at radius 3 is 2.44 bits per heavy atom. The van der Waals surface area contributed by atoms with Gasteiger partial charge in [-0.15, -0.1) is 0 Å². The minimum atomic E-state index is -4.68. The lowest BCUT2D eigenvalue weighted by Crippen LogP contribution is -2.30. The van der Waals surface area contributed by atoms with Crippen LogP contribution in [0.15, 0.2) is 41.5 Å². The second-order valence-corrected chi connectivity index (χ2v) is 5.24. The topological polar surface area (TPSA) is 76.7 Å². The smallest absolute Gasteiger partial charge is 0.428 e. The molecule has 0 saturated heterocycles. The van der Waals surface area contributed by atoms with Crippen molar-refractivity contribution in [2.45, 2.75) is 6.18 Å². The highest BCUT2D eigenvalue weighted by Gasteiger charge is 2.34. The van der Waals surface area contributed by atoms with Gasteiger partial charge in [0.25, 0.3) is 0 Å². The van der Waals surface area contributed by atoms with Crippen LogP contribution < -0.4 is 11.2 Å². The fraction of sp³-hybridized carbons (Fsp3) is 0.125. The zero-order valence-corrected chi connectivity index (χ0v) is 12.5. The molecule has 1 heterocycles. The highest BCUT2D eigenvalue weighted by molar-refractivity contribution is 6.04. The predicted octanol–water partition coefficient (Wildman–Crippen LogP) is 3.54. The van der Waals surface area contributed by atoms with Crippen LogP contribution in [0.3, 0.4) is 0 Å². The molecule has 2 aromatic rings. The van der Waals surface area contributed by atoms with E-state index in [4.69, 9.17) is 5.73 Å². The molecule has 3 N–H and O–H groups in total. The average Bonchev–Trinajstić information content (AvgIpc) is 2.57. The third-order valence-electron chi connectivity index (χ3n) is 3.59. The Kier molecular flexibility index (Phi) is 4.07. The normalized spacial score (nSPS) is 14.6. The van der Waals surface area contributed by atoms with E-state index in [1.807, 2.05) is 5.43 Å². The average molecular weight is 353 g/mol. The number of hydrazone groups is 1. The molecule has 2 aromatic carbocycles. The lowest BCUT2D eigenvalue weighted by molar-refractivity contribution is -0.137. The van der Waals surface area contributed by atoms with E-state index in [0.717, 1.165) is 12.1 Å². The quantitative estimate of drug-likeness (QED) is 0.640. The number of cyclic esters (lactones) is 1. The molecule has 0 aliphatic carbocycles. The summed E-state index contributed by atoms with van der Waals surface area (Å²) in [7, 11) is 0. The number of hydrogen-bond acceptors (Lipinski definition) is 4. The summed E-state index contributed by atoms with van der Waals surface area (Å²) in [6.07, 6.45) is -5.46. The first-order chi connectivity index (χ1) is 11.8. The molecule has 130 valence electrons. The number of anilines is 1. The van der Waals surface area contributed by atoms with Gasteiger partial charge >= 0.3 is 12.3 Å². The monoisotopic (exact) mass is 353 g/mol. The van der Waals surface area contributed by atoms with Crippen molar-refractivity contribution in [3.05, 3.63) is 53.3 Å². The fourth-order valence-electron chi connectivity index (χ4n) is 2.36. The number of nitrogen functional groups attached to an aromatic ring is 1. The van der Waals surface area contributed by atoms with Crippen LogP contribution in [0, 0.1) is 5.82 Å². The summed E-state index contributed by atoms with van der Waals surface area (Å²) in [6.45, 7) is -0.251. The van der Waals surface area contributed by atoms with Gasteiger partial charge in [-0.25, -0.2) is 14.6 Å². The van der Waals surface area contributed by atoms with Gasteiger partial charge in [-0.05, 0) is 29.3 Å². The number of carbonyl (C=O) groups is 1. The molecule has 25 heavy (non-hydrogen) atoms. The van der Waals surface area contributed by atoms with Gasteiger partial charge in [-0.2, -0.15) is 18.3 Å². The van der Waals surface area contributed by atoms with Gasteiger partial charge in [0.2, 0.25) is 0 Å². The van der Waals surface area contributed by atoms with Crippen molar-refractivity contribution in [3.63, 3.8) is 0 Å². The van der Waals surface area contributed by atoms with Crippen molar-refractivity contribution in [2.75, 3.05) is 12.3 Å². The van der Waals surface area contributed by atoms with Gasteiger partial charge in [0.05, 0.1) is 11.3 Å². The molecule has 3 rings (SSSR count). The zero-order chi connectivity index (χ0) is 18.2. The third-order valence-corrected chi connectivity index (χ3v) is 3.59. The Bertz CT molecular complexity index is 878. The van der Waals surface area contributed by atoms with Crippen LogP contribution in [0.25, 0.3) is 11.1 Å². The molecule has 0 saturated carbocycles. The maximum absolute atomic E-state index is 13.6. The van der Waals surface area contributed by atoms with Crippen molar-refractivity contribution in [2.24, 2.45) is 5.10 Å². The second-order valence-electron chi connectivity index (χ2n) is 5.24. The maximum atomic E-state index is 13.6. The van der Waals surface area contributed by atoms with Crippen molar-refractivity contribution in [1.82, 2.24) is 5.43 Å². The van der Waals surface area contributed by atoms with Crippen LogP contribution in [-0.2, 0) is 10.9 Å². The molecule has 1 amide bonds. The number of carbonyl (C=O) groups excluding carboxylic acids is 1. The lowest BCUT2D eigenvalue weighted by atomic mass is 9.95. The first-order valence-corrected chi connectivity index (χ1v) is 7.02. The van der Waals surface area contributed by atoms with Crippen LogP contribution in [0.4, 0.5) is 28.0 Å². The Hall–Kier alpha value is -3.10. The lowest BCUT2D eigenvalue weighted by Gasteiger charge is -2.17. The van der Waals surface area contributed by atoms with Gasteiger partial charge in [-0.3, -0.25) is 0 Å². The summed E-state index contributed by atoms with van der Waals surface area (Å²) in [5.41, 5.74) is 6.39. The number of rotatable bonds is 2. The first kappa shape index (κ1) is 16.7. The Balaban J connectivity index is 2.10. The molecule has 0 atom stereocenters. The van der Waals surface area contributed by atoms with Gasteiger partial charge < -0.3 is 10.5 Å².